The predicted molar refractivity (Wildman–Crippen MR) is 99.4 cm³/mol. The van der Waals surface area contributed by atoms with Crippen LogP contribution in [0.3, 0.4) is 0 Å². The van der Waals surface area contributed by atoms with Gasteiger partial charge in [0.2, 0.25) is 0 Å². The lowest BCUT2D eigenvalue weighted by Gasteiger charge is -2.21. The number of aryl methyl sites for hydroxylation is 1. The highest BCUT2D eigenvalue weighted by Crippen LogP contribution is 2.37. The molecular formula is C20H25NO3S. The maximum atomic E-state index is 11.6. The molecule has 1 N–H and O–H groups in total. The van der Waals surface area contributed by atoms with E-state index in [4.69, 9.17) is 0 Å². The van der Waals surface area contributed by atoms with Gasteiger partial charge in [-0.15, -0.1) is 0 Å². The molecule has 1 heterocycles. The predicted octanol–water partition coefficient (Wildman–Crippen LogP) is 3.93. The van der Waals surface area contributed by atoms with Crippen molar-refractivity contribution >= 4 is 10.1 Å². The summed E-state index contributed by atoms with van der Waals surface area (Å²) in [5, 5.41) is 0. The first-order valence-electron chi connectivity index (χ1n) is 8.63. The molecule has 134 valence electrons. The Hall–Kier alpha value is -1.69. The van der Waals surface area contributed by atoms with Crippen LogP contribution in [0, 0.1) is 13.8 Å². The van der Waals surface area contributed by atoms with E-state index in [1.807, 2.05) is 13.0 Å². The van der Waals surface area contributed by atoms with E-state index in [1.165, 1.54) is 11.6 Å². The first kappa shape index (κ1) is 18.1. The minimum Gasteiger partial charge on any atom is -0.296 e. The summed E-state index contributed by atoms with van der Waals surface area (Å²) >= 11 is 0. The summed E-state index contributed by atoms with van der Waals surface area (Å²) in [6.07, 6.45) is 0.990. The minimum absolute atomic E-state index is 0.0299. The molecule has 0 spiro atoms. The summed E-state index contributed by atoms with van der Waals surface area (Å²) in [5.74, 6) is 0.278. The molecule has 1 aliphatic rings. The van der Waals surface area contributed by atoms with E-state index in [-0.39, 0.29) is 10.8 Å². The number of hydrogen-bond donors (Lipinski definition) is 1. The molecule has 0 amide bonds. The van der Waals surface area contributed by atoms with Gasteiger partial charge in [0, 0.05) is 19.1 Å². The van der Waals surface area contributed by atoms with Crippen molar-refractivity contribution in [3.63, 3.8) is 0 Å². The zero-order chi connectivity index (χ0) is 18.2. The lowest BCUT2D eigenvalue weighted by molar-refractivity contribution is 0.259. The van der Waals surface area contributed by atoms with E-state index in [1.54, 1.807) is 13.0 Å². The van der Waals surface area contributed by atoms with Crippen molar-refractivity contribution in [1.82, 2.24) is 4.90 Å². The van der Waals surface area contributed by atoms with E-state index >= 15 is 0 Å². The van der Waals surface area contributed by atoms with Gasteiger partial charge in [0.25, 0.3) is 10.1 Å². The van der Waals surface area contributed by atoms with Gasteiger partial charge in [-0.2, -0.15) is 8.42 Å². The molecule has 2 aromatic rings. The summed E-state index contributed by atoms with van der Waals surface area (Å²) < 4.78 is 32.8. The van der Waals surface area contributed by atoms with Crippen LogP contribution in [0.5, 0.6) is 0 Å². The lowest BCUT2D eigenvalue weighted by Crippen LogP contribution is -2.26. The average molecular weight is 359 g/mol. The van der Waals surface area contributed by atoms with Crippen molar-refractivity contribution in [2.75, 3.05) is 6.54 Å². The van der Waals surface area contributed by atoms with Gasteiger partial charge in [-0.25, -0.2) is 0 Å². The second kappa shape index (κ2) is 6.90. The average Bonchev–Trinajstić information content (AvgIpc) is 2.87. The zero-order valence-electron chi connectivity index (χ0n) is 14.9. The van der Waals surface area contributed by atoms with E-state index in [0.717, 1.165) is 30.6 Å². The smallest absolute Gasteiger partial charge is 0.294 e. The Labute approximate surface area is 150 Å². The van der Waals surface area contributed by atoms with Crippen LogP contribution in [0.15, 0.2) is 47.4 Å². The van der Waals surface area contributed by atoms with Gasteiger partial charge in [0.1, 0.15) is 0 Å². The van der Waals surface area contributed by atoms with Gasteiger partial charge in [-0.3, -0.25) is 9.45 Å². The Bertz CT molecular complexity index is 862. The normalized spacial score (nSPS) is 21.6. The molecule has 2 aromatic carbocycles. The second-order valence-electron chi connectivity index (χ2n) is 7.09. The highest BCUT2D eigenvalue weighted by Gasteiger charge is 2.32. The zero-order valence-corrected chi connectivity index (χ0v) is 15.8. The highest BCUT2D eigenvalue weighted by molar-refractivity contribution is 7.85. The first-order chi connectivity index (χ1) is 11.8. The molecule has 0 radical (unpaired) electrons. The standard InChI is InChI=1S/C20H25NO3S/c1-14-9-10-19(25(22,23)24)16(3)20(14)18-11-15(2)21(13-18)12-17-7-5-4-6-8-17/h4-10,15,18H,11-13H2,1-3H3,(H,22,23,24)/t15-,18+/m1/s1. The van der Waals surface area contributed by atoms with Crippen molar-refractivity contribution in [2.24, 2.45) is 0 Å². The Balaban J connectivity index is 1.89. The maximum Gasteiger partial charge on any atom is 0.294 e. The molecule has 2 atom stereocenters. The van der Waals surface area contributed by atoms with Crippen LogP contribution in [-0.2, 0) is 16.7 Å². The summed E-state index contributed by atoms with van der Waals surface area (Å²) in [6.45, 7) is 7.83. The fraction of sp³-hybridized carbons (Fsp3) is 0.400. The summed E-state index contributed by atoms with van der Waals surface area (Å²) in [6, 6.07) is 14.1. The van der Waals surface area contributed by atoms with Crippen molar-refractivity contribution in [1.29, 1.82) is 0 Å². The van der Waals surface area contributed by atoms with E-state index in [9.17, 15) is 13.0 Å². The second-order valence-corrected chi connectivity index (χ2v) is 8.48. The number of benzene rings is 2. The Kier molecular flexibility index (Phi) is 5.00. The molecule has 0 saturated carbocycles. The van der Waals surface area contributed by atoms with Gasteiger partial charge in [0.15, 0.2) is 0 Å². The third-order valence-electron chi connectivity index (χ3n) is 5.30. The van der Waals surface area contributed by atoms with E-state index < -0.39 is 10.1 Å². The number of hydrogen-bond acceptors (Lipinski definition) is 3. The molecule has 1 fully saturated rings. The summed E-state index contributed by atoms with van der Waals surface area (Å²) in [5.41, 5.74) is 4.12. The van der Waals surface area contributed by atoms with Gasteiger partial charge >= 0.3 is 0 Å². The van der Waals surface area contributed by atoms with Gasteiger partial charge in [-0.1, -0.05) is 36.4 Å². The van der Waals surface area contributed by atoms with Gasteiger partial charge in [-0.05, 0) is 61.4 Å². The largest absolute Gasteiger partial charge is 0.296 e. The SMILES string of the molecule is Cc1ccc(S(=O)(=O)O)c(C)c1[C@H]1C[C@@H](C)N(Cc2ccccc2)C1. The number of nitrogens with zero attached hydrogens (tertiary/aromatic N) is 1. The molecular weight excluding hydrogens is 334 g/mol. The molecule has 1 saturated heterocycles. The molecule has 1 aliphatic heterocycles. The molecule has 3 rings (SSSR count). The van der Waals surface area contributed by atoms with Gasteiger partial charge < -0.3 is 0 Å². The molecule has 0 aromatic heterocycles. The number of rotatable bonds is 4. The van der Waals surface area contributed by atoms with Crippen LogP contribution in [0.25, 0.3) is 0 Å². The van der Waals surface area contributed by atoms with Crippen molar-refractivity contribution in [3.8, 4) is 0 Å². The quantitative estimate of drug-likeness (QED) is 0.841. The molecule has 0 aliphatic carbocycles. The molecule has 0 bridgehead atoms. The fourth-order valence-electron chi connectivity index (χ4n) is 4.10. The van der Waals surface area contributed by atoms with Crippen LogP contribution in [0.4, 0.5) is 0 Å². The van der Waals surface area contributed by atoms with Crippen molar-refractivity contribution in [2.45, 2.75) is 50.6 Å². The Morgan fingerprint density at radius 2 is 1.80 bits per heavy atom. The topological polar surface area (TPSA) is 57.6 Å². The number of likely N-dealkylation sites (tertiary alicyclic amines) is 1. The first-order valence-corrected chi connectivity index (χ1v) is 10.1. The van der Waals surface area contributed by atoms with E-state index in [2.05, 4.69) is 36.1 Å². The molecule has 4 nitrogen and oxygen atoms in total. The highest BCUT2D eigenvalue weighted by atomic mass is 32.2. The third-order valence-corrected chi connectivity index (χ3v) is 6.30. The minimum atomic E-state index is -4.19. The van der Waals surface area contributed by atoms with Crippen LogP contribution < -0.4 is 0 Å². The summed E-state index contributed by atoms with van der Waals surface area (Å²) in [7, 11) is -4.19. The molecule has 0 unspecified atom stereocenters. The van der Waals surface area contributed by atoms with E-state index in [0.29, 0.717) is 11.6 Å². The van der Waals surface area contributed by atoms with Crippen molar-refractivity contribution in [3.05, 3.63) is 64.7 Å². The van der Waals surface area contributed by atoms with Crippen LogP contribution in [0.1, 0.15) is 41.5 Å². The van der Waals surface area contributed by atoms with Gasteiger partial charge in [0.05, 0.1) is 4.90 Å². The Morgan fingerprint density at radius 3 is 2.44 bits per heavy atom. The summed E-state index contributed by atoms with van der Waals surface area (Å²) in [4.78, 5) is 2.47. The third kappa shape index (κ3) is 3.78. The molecule has 5 heteroatoms. The van der Waals surface area contributed by atoms with Crippen molar-refractivity contribution < 1.29 is 13.0 Å². The fourth-order valence-corrected chi connectivity index (χ4v) is 4.83. The maximum absolute atomic E-state index is 11.6. The Morgan fingerprint density at radius 1 is 1.12 bits per heavy atom. The van der Waals surface area contributed by atoms with Crippen LogP contribution >= 0.6 is 0 Å². The molecule has 25 heavy (non-hydrogen) atoms. The monoisotopic (exact) mass is 359 g/mol. The lowest BCUT2D eigenvalue weighted by atomic mass is 9.89. The van der Waals surface area contributed by atoms with Crippen LogP contribution in [-0.4, -0.2) is 30.5 Å². The van der Waals surface area contributed by atoms with Crippen LogP contribution in [0.2, 0.25) is 0 Å².